The van der Waals surface area contributed by atoms with E-state index < -0.39 is 11.0 Å². The number of aliphatic imine (C=N–C) groups is 2. The standard InChI is InChI=1S/C15H16N4O4/c1-3-23-14-13(10(2)16-15(17-14)18-19(21)22)12(20)9-11-7-5-4-6-8-11/h4-8,13H,3,9H2,1-2H3. The molecule has 1 atom stereocenters. The molecule has 0 N–H and O–H groups in total. The van der Waals surface area contributed by atoms with Crippen molar-refractivity contribution in [2.24, 2.45) is 21.0 Å². The van der Waals surface area contributed by atoms with Gasteiger partial charge in [-0.05, 0) is 19.4 Å². The monoisotopic (exact) mass is 316 g/mol. The Kier molecular flexibility index (Phi) is 5.29. The van der Waals surface area contributed by atoms with E-state index in [1.807, 2.05) is 30.3 Å². The van der Waals surface area contributed by atoms with Crippen molar-refractivity contribution in [3.05, 3.63) is 46.0 Å². The van der Waals surface area contributed by atoms with E-state index in [1.54, 1.807) is 13.8 Å². The molecule has 1 aliphatic rings. The molecule has 0 radical (unpaired) electrons. The van der Waals surface area contributed by atoms with Gasteiger partial charge in [-0.25, -0.2) is 15.1 Å². The highest BCUT2D eigenvalue weighted by Gasteiger charge is 2.33. The van der Waals surface area contributed by atoms with Crippen LogP contribution in [0.15, 0.2) is 45.4 Å². The summed E-state index contributed by atoms with van der Waals surface area (Å²) in [6, 6.07) is 9.27. The largest absolute Gasteiger partial charge is 0.480 e. The van der Waals surface area contributed by atoms with E-state index in [9.17, 15) is 14.9 Å². The van der Waals surface area contributed by atoms with Crippen LogP contribution in [-0.4, -0.2) is 35.0 Å². The maximum atomic E-state index is 12.6. The first-order valence-corrected chi connectivity index (χ1v) is 7.07. The van der Waals surface area contributed by atoms with Crippen LogP contribution in [0.4, 0.5) is 0 Å². The molecular formula is C15H16N4O4. The summed E-state index contributed by atoms with van der Waals surface area (Å²) in [7, 11) is 0. The van der Waals surface area contributed by atoms with Gasteiger partial charge in [0.05, 0.1) is 6.61 Å². The number of guanidine groups is 1. The highest BCUT2D eigenvalue weighted by Crippen LogP contribution is 2.16. The number of hydrogen-bond acceptors (Lipinski definition) is 4. The number of nitrogens with zero attached hydrogens (tertiary/aromatic N) is 4. The lowest BCUT2D eigenvalue weighted by Crippen LogP contribution is -2.37. The minimum Gasteiger partial charge on any atom is -0.480 e. The van der Waals surface area contributed by atoms with Crippen LogP contribution in [0.5, 0.6) is 0 Å². The Bertz CT molecular complexity index is 695. The van der Waals surface area contributed by atoms with Gasteiger partial charge in [-0.3, -0.25) is 4.79 Å². The number of hydrazone groups is 1. The van der Waals surface area contributed by atoms with Crippen molar-refractivity contribution in [3.63, 3.8) is 0 Å². The second-order valence-electron chi connectivity index (χ2n) is 4.84. The average Bonchev–Trinajstić information content (AvgIpc) is 2.47. The predicted octanol–water partition coefficient (Wildman–Crippen LogP) is 1.87. The minimum absolute atomic E-state index is 0.0986. The smallest absolute Gasteiger partial charge is 0.324 e. The molecule has 8 nitrogen and oxygen atoms in total. The zero-order valence-corrected chi connectivity index (χ0v) is 12.8. The molecule has 1 aromatic rings. The van der Waals surface area contributed by atoms with Gasteiger partial charge in [-0.15, -0.1) is 0 Å². The van der Waals surface area contributed by atoms with Gasteiger partial charge in [-0.1, -0.05) is 30.3 Å². The number of Topliss-reactive ketones (excluding diaryl/α,β-unsaturated/α-hetero) is 1. The Morgan fingerprint density at radius 3 is 2.65 bits per heavy atom. The molecule has 1 heterocycles. The Hall–Kier alpha value is -2.90. The van der Waals surface area contributed by atoms with Gasteiger partial charge in [-0.2, -0.15) is 4.99 Å². The number of rotatable bonds is 5. The summed E-state index contributed by atoms with van der Waals surface area (Å²) in [5.41, 5.74) is 1.25. The lowest BCUT2D eigenvalue weighted by atomic mass is 9.93. The summed E-state index contributed by atoms with van der Waals surface area (Å²) < 4.78 is 5.38. The zero-order valence-electron chi connectivity index (χ0n) is 12.8. The summed E-state index contributed by atoms with van der Waals surface area (Å²) in [6.07, 6.45) is 0.201. The number of nitro groups is 1. The van der Waals surface area contributed by atoms with E-state index in [2.05, 4.69) is 15.1 Å². The molecular weight excluding hydrogens is 300 g/mol. The van der Waals surface area contributed by atoms with Crippen LogP contribution in [0.1, 0.15) is 19.4 Å². The maximum Gasteiger partial charge on any atom is 0.324 e. The SMILES string of the molecule is CCOC1=NC(=N[N+](=O)[O-])N=C(C)C1C(=O)Cc1ccccc1. The molecule has 23 heavy (non-hydrogen) atoms. The first kappa shape index (κ1) is 16.5. The van der Waals surface area contributed by atoms with Crippen LogP contribution in [-0.2, 0) is 16.0 Å². The third-order valence-electron chi connectivity index (χ3n) is 3.16. The Morgan fingerprint density at radius 2 is 2.04 bits per heavy atom. The highest BCUT2D eigenvalue weighted by molar-refractivity contribution is 6.25. The lowest BCUT2D eigenvalue weighted by Gasteiger charge is -2.20. The second kappa shape index (κ2) is 7.39. The molecule has 0 fully saturated rings. The first-order valence-electron chi connectivity index (χ1n) is 7.07. The molecule has 1 aliphatic heterocycles. The van der Waals surface area contributed by atoms with Crippen LogP contribution >= 0.6 is 0 Å². The molecule has 120 valence electrons. The number of carbonyl (C=O) groups is 1. The van der Waals surface area contributed by atoms with Gasteiger partial charge < -0.3 is 4.74 Å². The highest BCUT2D eigenvalue weighted by atomic mass is 16.7. The van der Waals surface area contributed by atoms with Gasteiger partial charge in [0.25, 0.3) is 0 Å². The van der Waals surface area contributed by atoms with Crippen molar-refractivity contribution in [2.75, 3.05) is 6.61 Å². The van der Waals surface area contributed by atoms with Crippen molar-refractivity contribution >= 4 is 23.4 Å². The molecule has 0 spiro atoms. The molecule has 0 aliphatic carbocycles. The summed E-state index contributed by atoms with van der Waals surface area (Å²) in [5, 5.41) is 12.7. The minimum atomic E-state index is -0.884. The fraction of sp³-hybridized carbons (Fsp3) is 0.333. The molecule has 0 saturated heterocycles. The van der Waals surface area contributed by atoms with Crippen LogP contribution in [0, 0.1) is 16.0 Å². The first-order chi connectivity index (χ1) is 11.0. The summed E-state index contributed by atoms with van der Waals surface area (Å²) in [4.78, 5) is 30.9. The zero-order chi connectivity index (χ0) is 16.8. The average molecular weight is 316 g/mol. The topological polar surface area (TPSA) is 107 Å². The van der Waals surface area contributed by atoms with Gasteiger partial charge >= 0.3 is 5.96 Å². The fourth-order valence-corrected chi connectivity index (χ4v) is 2.24. The van der Waals surface area contributed by atoms with E-state index >= 15 is 0 Å². The van der Waals surface area contributed by atoms with E-state index in [0.717, 1.165) is 5.56 Å². The fourth-order valence-electron chi connectivity index (χ4n) is 2.24. The Labute approximate surface area is 132 Å². The van der Waals surface area contributed by atoms with Crippen molar-refractivity contribution < 1.29 is 14.6 Å². The summed E-state index contributed by atoms with van der Waals surface area (Å²) in [6.45, 7) is 3.64. The van der Waals surface area contributed by atoms with Gasteiger partial charge in [0.1, 0.15) is 11.0 Å². The van der Waals surface area contributed by atoms with Crippen molar-refractivity contribution in [2.45, 2.75) is 20.3 Å². The molecule has 8 heteroatoms. The van der Waals surface area contributed by atoms with Gasteiger partial charge in [0, 0.05) is 12.1 Å². The molecule has 1 unspecified atom stereocenters. The molecule has 0 aromatic heterocycles. The number of ketones is 1. The second-order valence-corrected chi connectivity index (χ2v) is 4.84. The quantitative estimate of drug-likeness (QED) is 0.610. The molecule has 2 rings (SSSR count). The lowest BCUT2D eigenvalue weighted by molar-refractivity contribution is -0.485. The van der Waals surface area contributed by atoms with Crippen molar-refractivity contribution in [1.29, 1.82) is 0 Å². The summed E-state index contributed by atoms with van der Waals surface area (Å²) >= 11 is 0. The summed E-state index contributed by atoms with van der Waals surface area (Å²) in [5.74, 6) is -1.10. The van der Waals surface area contributed by atoms with E-state index in [-0.39, 0.29) is 30.7 Å². The number of benzene rings is 1. The van der Waals surface area contributed by atoms with Gasteiger partial charge in [0.2, 0.25) is 5.90 Å². The third kappa shape index (κ3) is 4.29. The van der Waals surface area contributed by atoms with Crippen LogP contribution < -0.4 is 0 Å². The third-order valence-corrected chi connectivity index (χ3v) is 3.16. The van der Waals surface area contributed by atoms with E-state index in [1.165, 1.54) is 0 Å². The number of carbonyl (C=O) groups excluding carboxylic acids is 1. The van der Waals surface area contributed by atoms with Crippen molar-refractivity contribution in [3.8, 4) is 0 Å². The van der Waals surface area contributed by atoms with E-state index in [4.69, 9.17) is 4.74 Å². The number of hydrogen-bond donors (Lipinski definition) is 0. The van der Waals surface area contributed by atoms with Gasteiger partial charge in [0.15, 0.2) is 10.8 Å². The predicted molar refractivity (Wildman–Crippen MR) is 85.2 cm³/mol. The normalized spacial score (nSPS) is 19.0. The van der Waals surface area contributed by atoms with Crippen LogP contribution in [0.25, 0.3) is 0 Å². The molecule has 0 saturated carbocycles. The molecule has 1 aromatic carbocycles. The maximum absolute atomic E-state index is 12.6. The number of ether oxygens (including phenoxy) is 1. The van der Waals surface area contributed by atoms with E-state index in [0.29, 0.717) is 5.71 Å². The molecule has 0 amide bonds. The van der Waals surface area contributed by atoms with Crippen LogP contribution in [0.2, 0.25) is 0 Å². The van der Waals surface area contributed by atoms with Crippen LogP contribution in [0.3, 0.4) is 0 Å². The van der Waals surface area contributed by atoms with Crippen molar-refractivity contribution in [1.82, 2.24) is 0 Å². The Morgan fingerprint density at radius 1 is 1.35 bits per heavy atom. The Balaban J connectivity index is 2.27. The molecule has 0 bridgehead atoms.